The first-order valence-corrected chi connectivity index (χ1v) is 8.80. The van der Waals surface area contributed by atoms with Crippen molar-refractivity contribution < 1.29 is 14.3 Å². The van der Waals surface area contributed by atoms with Crippen LogP contribution < -0.4 is 0 Å². The maximum atomic E-state index is 13.4. The van der Waals surface area contributed by atoms with Crippen LogP contribution in [0.4, 0.5) is 4.39 Å². The molecule has 0 aliphatic carbocycles. The van der Waals surface area contributed by atoms with Gasteiger partial charge in [-0.2, -0.15) is 0 Å². The lowest BCUT2D eigenvalue weighted by Crippen LogP contribution is -2.06. The lowest BCUT2D eigenvalue weighted by atomic mass is 10.1. The van der Waals surface area contributed by atoms with Gasteiger partial charge in [0.25, 0.3) is 0 Å². The van der Waals surface area contributed by atoms with E-state index in [1.54, 1.807) is 12.1 Å². The molecule has 0 amide bonds. The number of halogens is 1. The van der Waals surface area contributed by atoms with Crippen LogP contribution in [0.25, 0.3) is 27.7 Å². The summed E-state index contributed by atoms with van der Waals surface area (Å²) in [5, 5.41) is 11.3. The second-order valence-corrected chi connectivity index (χ2v) is 6.44. The summed E-state index contributed by atoms with van der Waals surface area (Å²) in [5.41, 5.74) is 3.68. The molecule has 4 heteroatoms. The Morgan fingerprint density at radius 3 is 2.41 bits per heavy atom. The third-order valence-corrected chi connectivity index (χ3v) is 4.70. The molecule has 0 saturated carbocycles. The molecule has 0 bridgehead atoms. The number of benzene rings is 3. The molecule has 0 saturated heterocycles. The normalized spacial score (nSPS) is 11.0. The Bertz CT molecular complexity index is 1110. The Hall–Kier alpha value is -3.40. The minimum absolute atomic E-state index is 0.0532. The average Bonchev–Trinajstić information content (AvgIpc) is 3.10. The molecular weight excluding hydrogens is 341 g/mol. The largest absolute Gasteiger partial charge is 0.481 e. The van der Waals surface area contributed by atoms with Crippen LogP contribution in [0.3, 0.4) is 0 Å². The standard InChI is InChI=1S/C23H18FNO2/c24-18-10-8-17(9-11-18)21-14-12-19(13-15-23(26)27)25(21)22-7-3-5-16-4-1-2-6-20(16)22/h1-12,14H,13,15H2,(H,26,27). The lowest BCUT2D eigenvalue weighted by Gasteiger charge is -2.16. The zero-order chi connectivity index (χ0) is 18.8. The van der Waals surface area contributed by atoms with Crippen molar-refractivity contribution in [1.29, 1.82) is 0 Å². The fourth-order valence-corrected chi connectivity index (χ4v) is 3.44. The number of aliphatic carboxylic acids is 1. The fourth-order valence-electron chi connectivity index (χ4n) is 3.44. The van der Waals surface area contributed by atoms with Crippen LogP contribution in [0, 0.1) is 5.82 Å². The Morgan fingerprint density at radius 2 is 1.63 bits per heavy atom. The maximum Gasteiger partial charge on any atom is 0.303 e. The molecule has 4 rings (SSSR count). The van der Waals surface area contributed by atoms with E-state index in [4.69, 9.17) is 5.11 Å². The van der Waals surface area contributed by atoms with E-state index in [2.05, 4.69) is 22.8 Å². The predicted octanol–water partition coefficient (Wildman–Crippen LogP) is 5.45. The van der Waals surface area contributed by atoms with Crippen LogP contribution in [-0.2, 0) is 11.2 Å². The van der Waals surface area contributed by atoms with Crippen molar-refractivity contribution in [2.45, 2.75) is 12.8 Å². The van der Waals surface area contributed by atoms with Gasteiger partial charge < -0.3 is 9.67 Å². The van der Waals surface area contributed by atoms with Crippen LogP contribution in [0.2, 0.25) is 0 Å². The molecule has 4 aromatic rings. The number of hydrogen-bond donors (Lipinski definition) is 1. The molecule has 1 heterocycles. The van der Waals surface area contributed by atoms with Gasteiger partial charge in [0.05, 0.1) is 17.8 Å². The van der Waals surface area contributed by atoms with Gasteiger partial charge >= 0.3 is 5.97 Å². The number of hydrogen-bond acceptors (Lipinski definition) is 1. The van der Waals surface area contributed by atoms with E-state index in [1.165, 1.54) is 12.1 Å². The minimum Gasteiger partial charge on any atom is -0.481 e. The van der Waals surface area contributed by atoms with Crippen LogP contribution in [0.1, 0.15) is 12.1 Å². The SMILES string of the molecule is O=C(O)CCc1ccc(-c2ccc(F)cc2)n1-c1cccc2ccccc12. The Balaban J connectivity index is 1.94. The van der Waals surface area contributed by atoms with E-state index in [-0.39, 0.29) is 12.2 Å². The molecule has 0 aliphatic heterocycles. The highest BCUT2D eigenvalue weighted by atomic mass is 19.1. The van der Waals surface area contributed by atoms with Gasteiger partial charge in [-0.25, -0.2) is 4.39 Å². The van der Waals surface area contributed by atoms with Crippen LogP contribution >= 0.6 is 0 Å². The third kappa shape index (κ3) is 3.34. The molecular formula is C23H18FNO2. The smallest absolute Gasteiger partial charge is 0.303 e. The number of aromatic nitrogens is 1. The van der Waals surface area contributed by atoms with Gasteiger partial charge in [-0.1, -0.05) is 36.4 Å². The van der Waals surface area contributed by atoms with Crippen molar-refractivity contribution in [3.05, 3.63) is 90.4 Å². The van der Waals surface area contributed by atoms with Gasteiger partial charge in [-0.05, 0) is 59.8 Å². The second kappa shape index (κ2) is 7.08. The van der Waals surface area contributed by atoms with Crippen LogP contribution in [-0.4, -0.2) is 15.6 Å². The Labute approximate surface area is 156 Å². The summed E-state index contributed by atoms with van der Waals surface area (Å²) in [6.07, 6.45) is 0.470. The highest BCUT2D eigenvalue weighted by Crippen LogP contribution is 2.31. The molecule has 27 heavy (non-hydrogen) atoms. The Morgan fingerprint density at radius 1 is 0.889 bits per heavy atom. The molecule has 3 nitrogen and oxygen atoms in total. The molecule has 3 aromatic carbocycles. The number of aryl methyl sites for hydroxylation is 1. The molecule has 0 unspecified atom stereocenters. The van der Waals surface area contributed by atoms with E-state index in [0.29, 0.717) is 6.42 Å². The minimum atomic E-state index is -0.830. The summed E-state index contributed by atoms with van der Waals surface area (Å²) in [6, 6.07) is 24.4. The Kier molecular flexibility index (Phi) is 4.47. The predicted molar refractivity (Wildman–Crippen MR) is 105 cm³/mol. The molecule has 1 N–H and O–H groups in total. The number of nitrogens with zero attached hydrogens (tertiary/aromatic N) is 1. The number of carbonyl (C=O) groups is 1. The monoisotopic (exact) mass is 359 g/mol. The van der Waals surface area contributed by atoms with E-state index >= 15 is 0 Å². The summed E-state index contributed by atoms with van der Waals surface area (Å²) in [7, 11) is 0. The van der Waals surface area contributed by atoms with Crippen LogP contribution in [0.15, 0.2) is 78.9 Å². The summed E-state index contributed by atoms with van der Waals surface area (Å²) in [4.78, 5) is 11.1. The van der Waals surface area contributed by atoms with Crippen molar-refractivity contribution in [3.8, 4) is 16.9 Å². The maximum absolute atomic E-state index is 13.4. The van der Waals surface area contributed by atoms with Crippen LogP contribution in [0.5, 0.6) is 0 Å². The molecule has 0 atom stereocenters. The first kappa shape index (κ1) is 17.0. The van der Waals surface area contributed by atoms with Crippen molar-refractivity contribution >= 4 is 16.7 Å². The molecule has 134 valence electrons. The van der Waals surface area contributed by atoms with Crippen molar-refractivity contribution in [2.24, 2.45) is 0 Å². The molecule has 0 fully saturated rings. The van der Waals surface area contributed by atoms with Gasteiger partial charge in [-0.15, -0.1) is 0 Å². The van der Waals surface area contributed by atoms with E-state index in [0.717, 1.165) is 33.4 Å². The summed E-state index contributed by atoms with van der Waals surface area (Å²) < 4.78 is 15.5. The van der Waals surface area contributed by atoms with E-state index in [9.17, 15) is 9.18 Å². The first-order chi connectivity index (χ1) is 13.1. The number of rotatable bonds is 5. The van der Waals surface area contributed by atoms with Gasteiger partial charge in [0.2, 0.25) is 0 Å². The second-order valence-electron chi connectivity index (χ2n) is 6.44. The zero-order valence-corrected chi connectivity index (χ0v) is 14.6. The third-order valence-electron chi connectivity index (χ3n) is 4.70. The molecule has 1 aromatic heterocycles. The lowest BCUT2D eigenvalue weighted by molar-refractivity contribution is -0.136. The van der Waals surface area contributed by atoms with Gasteiger partial charge in [0.1, 0.15) is 5.82 Å². The zero-order valence-electron chi connectivity index (χ0n) is 14.6. The van der Waals surface area contributed by atoms with E-state index in [1.807, 2.05) is 36.4 Å². The number of carboxylic acids is 1. The topological polar surface area (TPSA) is 42.2 Å². The van der Waals surface area contributed by atoms with Crippen molar-refractivity contribution in [1.82, 2.24) is 4.57 Å². The van der Waals surface area contributed by atoms with Gasteiger partial charge in [0.15, 0.2) is 0 Å². The molecule has 0 aliphatic rings. The molecule has 0 spiro atoms. The van der Waals surface area contributed by atoms with Crippen molar-refractivity contribution in [2.75, 3.05) is 0 Å². The summed E-state index contributed by atoms with van der Waals surface area (Å²) in [5.74, 6) is -1.11. The number of carboxylic acid groups (broad SMARTS) is 1. The summed E-state index contributed by atoms with van der Waals surface area (Å²) in [6.45, 7) is 0. The number of fused-ring (bicyclic) bond motifs is 1. The van der Waals surface area contributed by atoms with Gasteiger partial charge in [-0.3, -0.25) is 4.79 Å². The van der Waals surface area contributed by atoms with E-state index < -0.39 is 5.97 Å². The van der Waals surface area contributed by atoms with Gasteiger partial charge in [0, 0.05) is 11.1 Å². The fraction of sp³-hybridized carbons (Fsp3) is 0.0870. The quantitative estimate of drug-likeness (QED) is 0.514. The highest BCUT2D eigenvalue weighted by molar-refractivity contribution is 5.91. The average molecular weight is 359 g/mol. The first-order valence-electron chi connectivity index (χ1n) is 8.80. The highest BCUT2D eigenvalue weighted by Gasteiger charge is 2.15. The van der Waals surface area contributed by atoms with Crippen molar-refractivity contribution in [3.63, 3.8) is 0 Å². The molecule has 0 radical (unpaired) electrons. The summed E-state index contributed by atoms with van der Waals surface area (Å²) >= 11 is 0.